The first-order valence-corrected chi connectivity index (χ1v) is 23.7. The second-order valence-corrected chi connectivity index (χ2v) is 22.3. The summed E-state index contributed by atoms with van der Waals surface area (Å²) in [7, 11) is 0. The first-order chi connectivity index (χ1) is 32.1. The fourth-order valence-corrected chi connectivity index (χ4v) is 8.76. The van der Waals surface area contributed by atoms with E-state index in [-0.39, 0.29) is 43.9 Å². The second kappa shape index (κ2) is 18.3. The number of nitrogens with zero attached hydrogens (tertiary/aromatic N) is 4. The number of fused-ring (bicyclic) bond motifs is 8. The largest absolute Gasteiger partial charge is 2.00 e. The minimum atomic E-state index is -0.279. The molecule has 0 aliphatic carbocycles. The molecule has 0 fully saturated rings. The molecule has 6 heteroatoms. The third-order valence-electron chi connectivity index (χ3n) is 12.9. The molecule has 5 heterocycles. The number of rotatable bonds is 4. The number of hydrogen-bond acceptors (Lipinski definition) is 3. The zero-order chi connectivity index (χ0) is 48.3. The monoisotopic (exact) mass is 946 g/mol. The summed E-state index contributed by atoms with van der Waals surface area (Å²) in [6, 6.07) is 41.8. The van der Waals surface area contributed by atoms with Crippen molar-refractivity contribution in [3.8, 4) is 45.2 Å². The van der Waals surface area contributed by atoms with Crippen LogP contribution in [0.25, 0.3) is 79.8 Å². The summed E-state index contributed by atoms with van der Waals surface area (Å²) in [6.45, 7) is 27.1. The van der Waals surface area contributed by atoms with Crippen molar-refractivity contribution >= 4 is 52.2 Å². The molecule has 2 aliphatic rings. The molecule has 0 atom stereocenters. The summed E-state index contributed by atoms with van der Waals surface area (Å²) in [6.07, 6.45) is 8.28. The van der Waals surface area contributed by atoms with Gasteiger partial charge in [0, 0.05) is 11.1 Å². The maximum Gasteiger partial charge on any atom is 2.00 e. The molecule has 5 nitrogen and oxygen atoms in total. The third kappa shape index (κ3) is 10.0. The molecule has 3 aromatic heterocycles. The number of ketones is 1. The van der Waals surface area contributed by atoms with E-state index in [9.17, 15) is 4.79 Å². The van der Waals surface area contributed by atoms with E-state index in [2.05, 4.69) is 192 Å². The Labute approximate surface area is 418 Å². The Balaban J connectivity index is 0.00000642. The van der Waals surface area contributed by atoms with Gasteiger partial charge in [0.15, 0.2) is 0 Å². The van der Waals surface area contributed by atoms with E-state index >= 15 is 0 Å². The van der Waals surface area contributed by atoms with Crippen molar-refractivity contribution in [1.29, 1.82) is 0 Å². The van der Waals surface area contributed by atoms with Crippen molar-refractivity contribution in [2.24, 2.45) is 0 Å². The van der Waals surface area contributed by atoms with Crippen LogP contribution >= 0.6 is 0 Å². The normalized spacial score (nSPS) is 12.6. The molecular weight excluding hydrogens is 887 g/mol. The van der Waals surface area contributed by atoms with Gasteiger partial charge in [-0.15, -0.1) is 22.1 Å². The van der Waals surface area contributed by atoms with Crippen LogP contribution < -0.4 is 9.97 Å². The number of hydrogen-bond donors (Lipinski definition) is 0. The van der Waals surface area contributed by atoms with Gasteiger partial charge >= 0.3 is 16.5 Å². The summed E-state index contributed by atoms with van der Waals surface area (Å²) in [5, 5.41) is 0. The van der Waals surface area contributed by atoms with Gasteiger partial charge in [-0.2, -0.15) is 0 Å². The quantitative estimate of drug-likeness (QED) is 0.0998. The van der Waals surface area contributed by atoms with Crippen LogP contribution in [0.5, 0.6) is 0 Å². The van der Waals surface area contributed by atoms with Crippen LogP contribution in [0.4, 0.5) is 0 Å². The zero-order valence-corrected chi connectivity index (χ0v) is 42.9. The van der Waals surface area contributed by atoms with Gasteiger partial charge in [-0.05, 0) is 108 Å². The first kappa shape index (κ1) is 48.7. The molecule has 0 saturated carbocycles. The van der Waals surface area contributed by atoms with Gasteiger partial charge in [-0.25, -0.2) is 9.97 Å². The molecule has 0 radical (unpaired) electrons. The standard InChI is InChI=1S/C63H61N4O.Ni/c1-60(2,3)43-33-41(34-44(37-43)61(4,5)6)58-52-26-24-48(64-52)47(23-32-56(68)39-19-15-13-16-20-39)49-25-27-53(65-49)59(42-35-45(62(7,8)9)38-46(36-42)63(10,11)12)55-31-29-51(67-55)57(40-21-17-14-18-22-40)50-28-30-54(58)66-50;/h13-22,24-31,33-38H,1-12H3,(H-,64,65,66,67,68);/q-1;+2/p-1. The maximum absolute atomic E-state index is 13.7. The molecule has 0 N–H and O–H groups in total. The van der Waals surface area contributed by atoms with Crippen molar-refractivity contribution < 1.29 is 21.3 Å². The van der Waals surface area contributed by atoms with Crippen LogP contribution in [0.2, 0.25) is 0 Å². The van der Waals surface area contributed by atoms with Gasteiger partial charge < -0.3 is 9.97 Å². The van der Waals surface area contributed by atoms with E-state index in [0.29, 0.717) is 22.3 Å². The zero-order valence-electron chi connectivity index (χ0n) is 41.9. The number of carbonyl (C=O) groups excluding carboxylic acids is 1. The van der Waals surface area contributed by atoms with Crippen molar-refractivity contribution in [2.75, 3.05) is 0 Å². The molecular formula is C63H60N4NiO. The fourth-order valence-electron chi connectivity index (χ4n) is 8.76. The van der Waals surface area contributed by atoms with Crippen molar-refractivity contribution in [3.63, 3.8) is 0 Å². The molecule has 0 saturated heterocycles. The van der Waals surface area contributed by atoms with Gasteiger partial charge in [0.2, 0.25) is 5.78 Å². The molecule has 69 heavy (non-hydrogen) atoms. The molecule has 348 valence electrons. The Kier molecular flexibility index (Phi) is 12.9. The molecule has 0 amide bonds. The Hall–Kier alpha value is -6.80. The van der Waals surface area contributed by atoms with Crippen LogP contribution in [0.3, 0.4) is 0 Å². The Morgan fingerprint density at radius 3 is 1.19 bits per heavy atom. The molecule has 4 aromatic carbocycles. The summed E-state index contributed by atoms with van der Waals surface area (Å²) in [5.74, 6) is 6.00. The van der Waals surface area contributed by atoms with Gasteiger partial charge in [-0.1, -0.05) is 210 Å². The van der Waals surface area contributed by atoms with Crippen LogP contribution in [0, 0.1) is 11.8 Å². The SMILES string of the molecule is CC(C)(C)c1cc(-c2c3nc(c(-c4ccccc4)c4ccc([n-]4)c(-c4cc(C(C)(C)C)cc(C(C)(C)C)c4)c4nc(c(C#CC(=O)c5ccccc5)c5ccc2[n-]5)C=C4)C=C3)cc(C(C)(C)C)c1.[Ni+2]. The van der Waals surface area contributed by atoms with Gasteiger partial charge in [-0.3, -0.25) is 4.79 Å². The number of Topliss-reactive ketones (excluding diaryl/α,β-unsaturated/α-hetero) is 1. The third-order valence-corrected chi connectivity index (χ3v) is 12.9. The van der Waals surface area contributed by atoms with Crippen molar-refractivity contribution in [1.82, 2.24) is 19.9 Å². The molecule has 9 rings (SSSR count). The van der Waals surface area contributed by atoms with E-state index in [0.717, 1.165) is 67.0 Å². The van der Waals surface area contributed by atoms with E-state index < -0.39 is 0 Å². The minimum Gasteiger partial charge on any atom is -0.657 e. The van der Waals surface area contributed by atoms with Crippen LogP contribution in [-0.2, 0) is 38.2 Å². The van der Waals surface area contributed by atoms with Gasteiger partial charge in [0.25, 0.3) is 0 Å². The molecule has 8 bridgehead atoms. The summed E-state index contributed by atoms with van der Waals surface area (Å²) >= 11 is 0. The Bertz CT molecular complexity index is 3300. The van der Waals surface area contributed by atoms with Crippen molar-refractivity contribution in [2.45, 2.75) is 105 Å². The summed E-state index contributed by atoms with van der Waals surface area (Å²) in [4.78, 5) is 35.6. The molecule has 0 unspecified atom stereocenters. The number of carbonyl (C=O) groups is 1. The smallest absolute Gasteiger partial charge is 0.657 e. The molecule has 2 aliphatic heterocycles. The topological polar surface area (TPSA) is 71.1 Å². The van der Waals surface area contributed by atoms with Crippen LogP contribution in [0.1, 0.15) is 144 Å². The Morgan fingerprint density at radius 1 is 0.420 bits per heavy atom. The fraction of sp³-hybridized carbons (Fsp3) is 0.254. The summed E-state index contributed by atoms with van der Waals surface area (Å²) in [5.41, 5.74) is 17.3. The number of aromatic nitrogens is 4. The van der Waals surface area contributed by atoms with Gasteiger partial charge in [0.05, 0.1) is 22.8 Å². The second-order valence-electron chi connectivity index (χ2n) is 22.3. The average molecular weight is 948 g/mol. The van der Waals surface area contributed by atoms with Crippen LogP contribution in [0.15, 0.2) is 121 Å². The van der Waals surface area contributed by atoms with E-state index in [1.807, 2.05) is 36.4 Å². The first-order valence-electron chi connectivity index (χ1n) is 23.7. The molecule has 7 aromatic rings. The number of benzene rings is 4. The predicted octanol–water partition coefficient (Wildman–Crippen LogP) is 15.3. The average Bonchev–Trinajstić information content (AvgIpc) is 4.14. The maximum atomic E-state index is 13.7. The predicted molar refractivity (Wildman–Crippen MR) is 286 cm³/mol. The molecule has 0 spiro atoms. The van der Waals surface area contributed by atoms with E-state index in [1.54, 1.807) is 12.1 Å². The van der Waals surface area contributed by atoms with Gasteiger partial charge in [0.1, 0.15) is 0 Å². The van der Waals surface area contributed by atoms with Crippen LogP contribution in [-0.4, -0.2) is 15.8 Å². The minimum absolute atomic E-state index is 0. The Morgan fingerprint density at radius 2 is 0.768 bits per heavy atom. The van der Waals surface area contributed by atoms with E-state index in [4.69, 9.17) is 19.9 Å². The summed E-state index contributed by atoms with van der Waals surface area (Å²) < 4.78 is 0. The van der Waals surface area contributed by atoms with E-state index in [1.165, 1.54) is 22.3 Å². The van der Waals surface area contributed by atoms with Crippen molar-refractivity contribution in [3.05, 3.63) is 177 Å².